The van der Waals surface area contributed by atoms with Crippen LogP contribution < -0.4 is 15.5 Å². The number of primary amides is 1. The molecule has 0 unspecified atom stereocenters. The molecule has 206 valence electrons. The molecule has 0 saturated carbocycles. The number of nitrogens with two attached hydrogens (primary N) is 1. The lowest BCUT2D eigenvalue weighted by molar-refractivity contribution is -0.136. The van der Waals surface area contributed by atoms with Gasteiger partial charge in [-0.15, -0.1) is 0 Å². The van der Waals surface area contributed by atoms with E-state index in [0.717, 1.165) is 5.56 Å². The molecule has 11 heteroatoms. The molecule has 3 aromatic rings. The third kappa shape index (κ3) is 7.35. The van der Waals surface area contributed by atoms with E-state index >= 15 is 0 Å². The van der Waals surface area contributed by atoms with Crippen molar-refractivity contribution in [3.63, 3.8) is 0 Å². The zero-order valence-corrected chi connectivity index (χ0v) is 21.6. The minimum absolute atomic E-state index is 0.0301. The molecule has 10 nitrogen and oxygen atoms in total. The number of ether oxygens (including phenoxy) is 2. The van der Waals surface area contributed by atoms with Crippen molar-refractivity contribution in [3.8, 4) is 0 Å². The van der Waals surface area contributed by atoms with E-state index in [0.29, 0.717) is 56.3 Å². The van der Waals surface area contributed by atoms with Gasteiger partial charge in [0, 0.05) is 26.2 Å². The molecule has 0 spiro atoms. The van der Waals surface area contributed by atoms with Crippen molar-refractivity contribution in [3.05, 3.63) is 84.1 Å². The molecule has 2 saturated heterocycles. The van der Waals surface area contributed by atoms with Crippen molar-refractivity contribution >= 4 is 29.3 Å². The van der Waals surface area contributed by atoms with Gasteiger partial charge in [-0.05, 0) is 36.8 Å². The largest absolute Gasteiger partial charge is 0.472 e. The van der Waals surface area contributed by atoms with E-state index in [9.17, 15) is 18.8 Å². The van der Waals surface area contributed by atoms with Crippen LogP contribution in [0, 0.1) is 5.82 Å². The third-order valence-corrected chi connectivity index (χ3v) is 6.32. The maximum atomic E-state index is 14.8. The number of amides is 3. The summed E-state index contributed by atoms with van der Waals surface area (Å²) in [7, 11) is 0. The quantitative estimate of drug-likeness (QED) is 0.490. The summed E-state index contributed by atoms with van der Waals surface area (Å²) < 4.78 is 30.0. The van der Waals surface area contributed by atoms with Crippen LogP contribution in [0.3, 0.4) is 0 Å². The van der Waals surface area contributed by atoms with Crippen LogP contribution in [0.1, 0.15) is 22.8 Å². The van der Waals surface area contributed by atoms with Crippen molar-refractivity contribution in [1.29, 1.82) is 0 Å². The molecule has 1 atom stereocenters. The maximum Gasteiger partial charge on any atom is 0.414 e. The van der Waals surface area contributed by atoms with Crippen molar-refractivity contribution in [2.45, 2.75) is 19.6 Å². The van der Waals surface area contributed by atoms with Crippen LogP contribution in [-0.4, -0.2) is 68.2 Å². The topological polar surface area (TPSA) is 119 Å². The molecule has 2 fully saturated rings. The Balaban J connectivity index is 0.000000379. The molecule has 2 aromatic carbocycles. The van der Waals surface area contributed by atoms with Crippen LogP contribution in [0.4, 0.5) is 20.6 Å². The van der Waals surface area contributed by atoms with Crippen molar-refractivity contribution in [1.82, 2.24) is 4.90 Å². The SMILES string of the molecule is C[C@H]1CN(c2ccc(N3CCN(C(=O)COCc4ccccc4)CC3)c(F)c2)C(=O)O1.NC(=O)c1ccoc1. The van der Waals surface area contributed by atoms with Gasteiger partial charge in [-0.25, -0.2) is 9.18 Å². The standard InChI is InChI=1S/C23H26FN3O4.C5H5NO2/c1-17-14-27(23(29)31-17)19-7-8-21(20(24)13-19)25-9-11-26(12-10-25)22(28)16-30-15-18-5-3-2-4-6-18;6-5(7)4-1-2-8-3-4/h2-8,13,17H,9-12,14-16H2,1H3;1-3H,(H2,6,7)/t17-;/m0./s1. The first-order valence-corrected chi connectivity index (χ1v) is 12.6. The average Bonchev–Trinajstić information content (AvgIpc) is 3.59. The monoisotopic (exact) mass is 538 g/mol. The lowest BCUT2D eigenvalue weighted by Crippen LogP contribution is -2.50. The Morgan fingerprint density at radius 1 is 1.08 bits per heavy atom. The van der Waals surface area contributed by atoms with Gasteiger partial charge in [-0.2, -0.15) is 0 Å². The Hall–Kier alpha value is -4.38. The predicted molar refractivity (Wildman–Crippen MR) is 142 cm³/mol. The number of rotatable bonds is 7. The number of hydrogen-bond acceptors (Lipinski definition) is 7. The van der Waals surface area contributed by atoms with Crippen LogP contribution >= 0.6 is 0 Å². The Labute approximate surface area is 225 Å². The summed E-state index contributed by atoms with van der Waals surface area (Å²) in [6, 6.07) is 16.0. The van der Waals surface area contributed by atoms with E-state index < -0.39 is 17.8 Å². The van der Waals surface area contributed by atoms with Gasteiger partial charge in [0.25, 0.3) is 5.91 Å². The highest BCUT2D eigenvalue weighted by molar-refractivity contribution is 5.92. The summed E-state index contributed by atoms with van der Waals surface area (Å²) in [5.41, 5.74) is 7.25. The fraction of sp³-hybridized carbons (Fsp3) is 0.321. The van der Waals surface area contributed by atoms with Crippen molar-refractivity contribution in [2.24, 2.45) is 5.73 Å². The van der Waals surface area contributed by atoms with E-state index in [1.54, 1.807) is 24.0 Å². The van der Waals surface area contributed by atoms with Crippen molar-refractivity contribution in [2.75, 3.05) is 49.1 Å². The van der Waals surface area contributed by atoms with Crippen LogP contribution in [0.5, 0.6) is 0 Å². The Kier molecular flexibility index (Phi) is 9.16. The summed E-state index contributed by atoms with van der Waals surface area (Å²) >= 11 is 0. The molecule has 2 aliphatic heterocycles. The number of benzene rings is 2. The van der Waals surface area contributed by atoms with Gasteiger partial charge in [0.1, 0.15) is 24.8 Å². The van der Waals surface area contributed by atoms with E-state index in [1.165, 1.54) is 29.6 Å². The van der Waals surface area contributed by atoms with E-state index in [4.69, 9.17) is 15.2 Å². The molecule has 0 aliphatic carbocycles. The predicted octanol–water partition coefficient (Wildman–Crippen LogP) is 3.41. The molecular weight excluding hydrogens is 507 g/mol. The first kappa shape index (κ1) is 27.6. The van der Waals surface area contributed by atoms with E-state index in [2.05, 4.69) is 4.42 Å². The lowest BCUT2D eigenvalue weighted by atomic mass is 10.2. The van der Waals surface area contributed by atoms with Gasteiger partial charge in [-0.1, -0.05) is 30.3 Å². The first-order chi connectivity index (χ1) is 18.8. The molecule has 39 heavy (non-hydrogen) atoms. The molecule has 1 aromatic heterocycles. The van der Waals surface area contributed by atoms with Gasteiger partial charge in [0.15, 0.2) is 0 Å². The van der Waals surface area contributed by atoms with Gasteiger partial charge >= 0.3 is 6.09 Å². The van der Waals surface area contributed by atoms with Gasteiger partial charge < -0.3 is 29.4 Å². The zero-order chi connectivity index (χ0) is 27.8. The zero-order valence-electron chi connectivity index (χ0n) is 21.6. The summed E-state index contributed by atoms with van der Waals surface area (Å²) in [5, 5.41) is 0. The van der Waals surface area contributed by atoms with E-state index in [1.807, 2.05) is 35.2 Å². The number of cyclic esters (lactones) is 1. The van der Waals surface area contributed by atoms with Gasteiger partial charge in [-0.3, -0.25) is 14.5 Å². The van der Waals surface area contributed by atoms with E-state index in [-0.39, 0.29) is 18.6 Å². The third-order valence-electron chi connectivity index (χ3n) is 6.32. The molecule has 3 amide bonds. The van der Waals surface area contributed by atoms with Gasteiger partial charge in [0.2, 0.25) is 5.91 Å². The normalized spacial score (nSPS) is 16.9. The maximum absolute atomic E-state index is 14.8. The van der Waals surface area contributed by atoms with Crippen LogP contribution in [-0.2, 0) is 20.9 Å². The summed E-state index contributed by atoms with van der Waals surface area (Å²) in [6.07, 6.45) is 2.04. The molecule has 0 radical (unpaired) electrons. The van der Waals surface area contributed by atoms with Crippen LogP contribution in [0.15, 0.2) is 71.5 Å². The molecule has 3 heterocycles. The minimum atomic E-state index is -0.459. The number of anilines is 2. The lowest BCUT2D eigenvalue weighted by Gasteiger charge is -2.36. The second-order valence-corrected chi connectivity index (χ2v) is 9.16. The summed E-state index contributed by atoms with van der Waals surface area (Å²) in [6.45, 7) is 4.71. The first-order valence-electron chi connectivity index (χ1n) is 12.6. The summed E-state index contributed by atoms with van der Waals surface area (Å²) in [4.78, 5) is 39.6. The molecule has 2 aliphatic rings. The number of nitrogens with zero attached hydrogens (tertiary/aromatic N) is 3. The smallest absolute Gasteiger partial charge is 0.414 e. The highest BCUT2D eigenvalue weighted by atomic mass is 19.1. The fourth-order valence-electron chi connectivity index (χ4n) is 4.26. The minimum Gasteiger partial charge on any atom is -0.472 e. The highest BCUT2D eigenvalue weighted by Gasteiger charge is 2.30. The Bertz CT molecular complexity index is 1260. The molecule has 5 rings (SSSR count). The second-order valence-electron chi connectivity index (χ2n) is 9.16. The second kappa shape index (κ2) is 12.9. The summed E-state index contributed by atoms with van der Waals surface area (Å²) in [5.74, 6) is -0.914. The Morgan fingerprint density at radius 3 is 2.38 bits per heavy atom. The number of furan rings is 1. The average molecular weight is 539 g/mol. The fourth-order valence-corrected chi connectivity index (χ4v) is 4.26. The Morgan fingerprint density at radius 2 is 1.82 bits per heavy atom. The number of piperazine rings is 1. The number of carbonyl (C=O) groups excluding carboxylic acids is 3. The van der Waals surface area contributed by atoms with Crippen LogP contribution in [0.25, 0.3) is 0 Å². The highest BCUT2D eigenvalue weighted by Crippen LogP contribution is 2.28. The van der Waals surface area contributed by atoms with Gasteiger partial charge in [0.05, 0.1) is 36.4 Å². The number of hydrogen-bond donors (Lipinski definition) is 1. The molecule has 0 bridgehead atoms. The van der Waals surface area contributed by atoms with Crippen LogP contribution in [0.2, 0.25) is 0 Å². The van der Waals surface area contributed by atoms with Crippen molar-refractivity contribution < 1.29 is 32.7 Å². The number of halogens is 1. The molecular formula is C28H31FN4O6. The molecule has 2 N–H and O–H groups in total. The number of carbonyl (C=O) groups is 3.